The molecule has 8 heteroatoms. The summed E-state index contributed by atoms with van der Waals surface area (Å²) < 4.78 is 16.0. The average molecular weight is 394 g/mol. The molecule has 29 heavy (non-hydrogen) atoms. The van der Waals surface area contributed by atoms with Crippen molar-refractivity contribution >= 4 is 12.1 Å². The van der Waals surface area contributed by atoms with Crippen LogP contribution in [0.5, 0.6) is 17.2 Å². The number of ether oxygens (including phenoxy) is 3. The van der Waals surface area contributed by atoms with Gasteiger partial charge in [0.1, 0.15) is 5.75 Å². The predicted octanol–water partition coefficient (Wildman–Crippen LogP) is 3.26. The van der Waals surface area contributed by atoms with Crippen molar-refractivity contribution in [2.75, 3.05) is 20.8 Å². The third-order valence-corrected chi connectivity index (χ3v) is 4.14. The molecule has 3 aromatic rings. The molecule has 8 nitrogen and oxygen atoms in total. The Morgan fingerprint density at radius 3 is 2.59 bits per heavy atom. The van der Waals surface area contributed by atoms with E-state index >= 15 is 0 Å². The number of nitrogens with one attached hydrogen (secondary N) is 2. The first-order chi connectivity index (χ1) is 14.2. The highest BCUT2D eigenvalue weighted by atomic mass is 16.5. The van der Waals surface area contributed by atoms with Crippen molar-refractivity contribution < 1.29 is 19.0 Å². The van der Waals surface area contributed by atoms with Gasteiger partial charge in [0.2, 0.25) is 0 Å². The number of nitrogens with zero attached hydrogens (tertiary/aromatic N) is 2. The van der Waals surface area contributed by atoms with Gasteiger partial charge in [-0.2, -0.15) is 10.2 Å². The molecule has 0 saturated heterocycles. The Morgan fingerprint density at radius 1 is 1.14 bits per heavy atom. The topological polar surface area (TPSA) is 97.8 Å². The second-order valence-electron chi connectivity index (χ2n) is 5.93. The minimum Gasteiger partial charge on any atom is -0.494 e. The number of hydrazone groups is 1. The quantitative estimate of drug-likeness (QED) is 0.451. The second-order valence-corrected chi connectivity index (χ2v) is 5.93. The Bertz CT molecular complexity index is 996. The molecule has 0 bridgehead atoms. The van der Waals surface area contributed by atoms with Gasteiger partial charge in [-0.05, 0) is 49.4 Å². The van der Waals surface area contributed by atoms with E-state index in [4.69, 9.17) is 14.2 Å². The van der Waals surface area contributed by atoms with Crippen LogP contribution < -0.4 is 19.6 Å². The highest BCUT2D eigenvalue weighted by Gasteiger charge is 2.11. The van der Waals surface area contributed by atoms with E-state index in [2.05, 4.69) is 20.7 Å². The fourth-order valence-electron chi connectivity index (χ4n) is 2.71. The molecule has 2 aromatic carbocycles. The van der Waals surface area contributed by atoms with E-state index in [-0.39, 0.29) is 5.91 Å². The standard InChI is InChI=1S/C21H22N4O4/c1-4-29-17-8-5-14(6-9-17)21(26)25-23-13-16-12-22-24-20(16)15-7-10-18(27-2)19(11-15)28-3/h5-13H,4H2,1-3H3,(H,22,24)(H,25,26). The summed E-state index contributed by atoms with van der Waals surface area (Å²) >= 11 is 0. The van der Waals surface area contributed by atoms with Crippen LogP contribution in [0.1, 0.15) is 22.8 Å². The molecule has 0 radical (unpaired) electrons. The predicted molar refractivity (Wildman–Crippen MR) is 110 cm³/mol. The lowest BCUT2D eigenvalue weighted by atomic mass is 10.1. The van der Waals surface area contributed by atoms with Crippen LogP contribution in [0.2, 0.25) is 0 Å². The van der Waals surface area contributed by atoms with Crippen molar-refractivity contribution in [2.24, 2.45) is 5.10 Å². The Kier molecular flexibility index (Phi) is 6.47. The van der Waals surface area contributed by atoms with Gasteiger partial charge < -0.3 is 14.2 Å². The number of hydrogen-bond acceptors (Lipinski definition) is 6. The maximum absolute atomic E-state index is 12.2. The minimum absolute atomic E-state index is 0.319. The van der Waals surface area contributed by atoms with Crippen LogP contribution in [0, 0.1) is 0 Å². The number of carbonyl (C=O) groups is 1. The number of H-pyrrole nitrogens is 1. The van der Waals surface area contributed by atoms with Gasteiger partial charge in [-0.15, -0.1) is 0 Å². The number of hydrogen-bond donors (Lipinski definition) is 2. The maximum Gasteiger partial charge on any atom is 0.271 e. The normalized spacial score (nSPS) is 10.7. The van der Waals surface area contributed by atoms with E-state index in [1.807, 2.05) is 25.1 Å². The van der Waals surface area contributed by atoms with Crippen LogP contribution in [0.25, 0.3) is 11.3 Å². The summed E-state index contributed by atoms with van der Waals surface area (Å²) in [4.78, 5) is 12.2. The molecule has 0 spiro atoms. The van der Waals surface area contributed by atoms with E-state index in [0.29, 0.717) is 35.0 Å². The van der Waals surface area contributed by atoms with Crippen molar-refractivity contribution in [3.05, 3.63) is 59.8 Å². The SMILES string of the molecule is CCOc1ccc(C(=O)NN=Cc2cn[nH]c2-c2ccc(OC)c(OC)c2)cc1. The van der Waals surface area contributed by atoms with Gasteiger partial charge in [-0.25, -0.2) is 5.43 Å². The van der Waals surface area contributed by atoms with Crippen molar-refractivity contribution in [3.63, 3.8) is 0 Å². The first-order valence-electron chi connectivity index (χ1n) is 8.98. The Balaban J connectivity index is 1.71. The van der Waals surface area contributed by atoms with Crippen molar-refractivity contribution in [3.8, 4) is 28.5 Å². The number of benzene rings is 2. The molecule has 0 saturated carbocycles. The fraction of sp³-hybridized carbons (Fsp3) is 0.190. The van der Waals surface area contributed by atoms with Gasteiger partial charge in [0.25, 0.3) is 5.91 Å². The van der Waals surface area contributed by atoms with Crippen LogP contribution in [-0.2, 0) is 0 Å². The van der Waals surface area contributed by atoms with Crippen LogP contribution >= 0.6 is 0 Å². The summed E-state index contributed by atoms with van der Waals surface area (Å²) in [5.74, 6) is 1.63. The molecular formula is C21H22N4O4. The fourth-order valence-corrected chi connectivity index (χ4v) is 2.71. The molecular weight excluding hydrogens is 372 g/mol. The summed E-state index contributed by atoms with van der Waals surface area (Å²) in [6.45, 7) is 2.48. The molecule has 150 valence electrons. The highest BCUT2D eigenvalue weighted by Crippen LogP contribution is 2.32. The summed E-state index contributed by atoms with van der Waals surface area (Å²) in [5.41, 5.74) is 5.30. The summed E-state index contributed by atoms with van der Waals surface area (Å²) in [5, 5.41) is 11.0. The minimum atomic E-state index is -0.319. The Hall–Kier alpha value is -3.81. The molecule has 1 aromatic heterocycles. The average Bonchev–Trinajstić information content (AvgIpc) is 3.22. The van der Waals surface area contributed by atoms with Crippen molar-refractivity contribution in [2.45, 2.75) is 6.92 Å². The number of carbonyl (C=O) groups excluding carboxylic acids is 1. The molecule has 1 heterocycles. The maximum atomic E-state index is 12.2. The van der Waals surface area contributed by atoms with Gasteiger partial charge in [-0.1, -0.05) is 0 Å². The lowest BCUT2D eigenvalue weighted by molar-refractivity contribution is 0.0955. The number of methoxy groups -OCH3 is 2. The largest absolute Gasteiger partial charge is 0.494 e. The smallest absolute Gasteiger partial charge is 0.271 e. The zero-order valence-corrected chi connectivity index (χ0v) is 16.4. The lowest BCUT2D eigenvalue weighted by Crippen LogP contribution is -2.17. The zero-order valence-electron chi connectivity index (χ0n) is 16.4. The van der Waals surface area contributed by atoms with Crippen LogP contribution in [0.3, 0.4) is 0 Å². The molecule has 0 aliphatic carbocycles. The molecule has 0 fully saturated rings. The van der Waals surface area contributed by atoms with E-state index < -0.39 is 0 Å². The third-order valence-electron chi connectivity index (χ3n) is 4.14. The molecule has 0 aliphatic heterocycles. The van der Waals surface area contributed by atoms with E-state index in [0.717, 1.165) is 11.3 Å². The van der Waals surface area contributed by atoms with Crippen LogP contribution in [-0.4, -0.2) is 43.1 Å². The van der Waals surface area contributed by atoms with Gasteiger partial charge in [0, 0.05) is 16.7 Å². The monoisotopic (exact) mass is 394 g/mol. The molecule has 1 amide bonds. The summed E-state index contributed by atoms with van der Waals surface area (Å²) in [6.07, 6.45) is 3.15. The van der Waals surface area contributed by atoms with Crippen LogP contribution in [0.4, 0.5) is 0 Å². The van der Waals surface area contributed by atoms with Gasteiger partial charge >= 0.3 is 0 Å². The molecule has 0 aliphatic rings. The van der Waals surface area contributed by atoms with Crippen LogP contribution in [0.15, 0.2) is 53.8 Å². The molecule has 3 rings (SSSR count). The lowest BCUT2D eigenvalue weighted by Gasteiger charge is -2.09. The summed E-state index contributed by atoms with van der Waals surface area (Å²) in [7, 11) is 3.16. The Morgan fingerprint density at radius 2 is 1.90 bits per heavy atom. The number of aromatic nitrogens is 2. The van der Waals surface area contributed by atoms with Gasteiger partial charge in [0.15, 0.2) is 11.5 Å². The number of amides is 1. The summed E-state index contributed by atoms with van der Waals surface area (Å²) in [6, 6.07) is 12.4. The van der Waals surface area contributed by atoms with E-state index in [9.17, 15) is 4.79 Å². The number of aromatic amines is 1. The molecule has 0 atom stereocenters. The van der Waals surface area contributed by atoms with Crippen molar-refractivity contribution in [1.82, 2.24) is 15.6 Å². The first-order valence-corrected chi connectivity index (χ1v) is 8.98. The Labute approximate surface area is 168 Å². The molecule has 2 N–H and O–H groups in total. The van der Waals surface area contributed by atoms with Crippen molar-refractivity contribution in [1.29, 1.82) is 0 Å². The van der Waals surface area contributed by atoms with E-state index in [1.165, 1.54) is 6.21 Å². The van der Waals surface area contributed by atoms with E-state index in [1.54, 1.807) is 44.7 Å². The van der Waals surface area contributed by atoms with Gasteiger partial charge in [0.05, 0.1) is 38.9 Å². The first kappa shape index (κ1) is 19.9. The highest BCUT2D eigenvalue weighted by molar-refractivity contribution is 5.95. The zero-order chi connectivity index (χ0) is 20.6. The third kappa shape index (κ3) is 4.73. The van der Waals surface area contributed by atoms with Gasteiger partial charge in [-0.3, -0.25) is 9.89 Å². The second kappa shape index (κ2) is 9.41. The molecule has 0 unspecified atom stereocenters. The number of rotatable bonds is 8.